The molecule has 0 fully saturated rings. The number of fused-ring (bicyclic) bond motifs is 4. The second-order valence-electron chi connectivity index (χ2n) is 7.30. The summed E-state index contributed by atoms with van der Waals surface area (Å²) in [6, 6.07) is 11.2. The maximum Gasteiger partial charge on any atom is 0.160 e. The normalized spacial score (nSPS) is 21.5. The molecule has 2 atom stereocenters. The van der Waals surface area contributed by atoms with Crippen molar-refractivity contribution in [2.24, 2.45) is 0 Å². The van der Waals surface area contributed by atoms with Crippen molar-refractivity contribution in [3.63, 3.8) is 0 Å². The van der Waals surface area contributed by atoms with Gasteiger partial charge in [-0.2, -0.15) is 0 Å². The van der Waals surface area contributed by atoms with Gasteiger partial charge in [0.15, 0.2) is 11.5 Å². The van der Waals surface area contributed by atoms with Crippen LogP contribution >= 0.6 is 0 Å². The van der Waals surface area contributed by atoms with E-state index in [0.29, 0.717) is 17.8 Å². The van der Waals surface area contributed by atoms with Crippen LogP contribution in [-0.2, 0) is 12.8 Å². The summed E-state index contributed by atoms with van der Waals surface area (Å²) in [5, 5.41) is 10.3. The number of nitrogens with zero attached hydrogens (tertiary/aromatic N) is 1. The average molecular weight is 353 g/mol. The van der Waals surface area contributed by atoms with E-state index >= 15 is 0 Å². The van der Waals surface area contributed by atoms with Gasteiger partial charge in [0, 0.05) is 18.6 Å². The van der Waals surface area contributed by atoms with Gasteiger partial charge in [-0.1, -0.05) is 19.4 Å². The number of benzene rings is 2. The number of ether oxygens (including phenoxy) is 2. The first-order valence-electron chi connectivity index (χ1n) is 9.48. The molecule has 2 aromatic carbocycles. The van der Waals surface area contributed by atoms with E-state index in [4.69, 9.17) is 9.47 Å². The molecular formula is C22H27NO3. The Bertz CT molecular complexity index is 817. The summed E-state index contributed by atoms with van der Waals surface area (Å²) in [6.07, 6.45) is 4.22. The fourth-order valence-corrected chi connectivity index (χ4v) is 4.69. The van der Waals surface area contributed by atoms with Gasteiger partial charge in [-0.05, 0) is 65.8 Å². The van der Waals surface area contributed by atoms with Crippen LogP contribution in [0.25, 0.3) is 0 Å². The van der Waals surface area contributed by atoms with Crippen molar-refractivity contribution in [2.75, 3.05) is 20.8 Å². The van der Waals surface area contributed by atoms with Gasteiger partial charge in [0.05, 0.1) is 14.2 Å². The molecule has 2 heterocycles. The van der Waals surface area contributed by atoms with E-state index in [0.717, 1.165) is 38.0 Å². The van der Waals surface area contributed by atoms with Crippen LogP contribution < -0.4 is 9.47 Å². The number of phenols is 1. The molecule has 0 spiro atoms. The molecule has 26 heavy (non-hydrogen) atoms. The van der Waals surface area contributed by atoms with E-state index < -0.39 is 0 Å². The van der Waals surface area contributed by atoms with Crippen molar-refractivity contribution in [1.82, 2.24) is 4.90 Å². The molecule has 2 unspecified atom stereocenters. The van der Waals surface area contributed by atoms with Gasteiger partial charge in [0.1, 0.15) is 5.75 Å². The molecule has 0 aliphatic carbocycles. The molecule has 2 aliphatic heterocycles. The molecular weight excluding hydrogens is 326 g/mol. The Morgan fingerprint density at radius 1 is 1.08 bits per heavy atom. The van der Waals surface area contributed by atoms with Crippen LogP contribution in [0.15, 0.2) is 30.3 Å². The van der Waals surface area contributed by atoms with Crippen molar-refractivity contribution in [1.29, 1.82) is 0 Å². The van der Waals surface area contributed by atoms with E-state index in [1.807, 2.05) is 12.1 Å². The van der Waals surface area contributed by atoms with Crippen LogP contribution in [0.4, 0.5) is 0 Å². The lowest BCUT2D eigenvalue weighted by atomic mass is 9.79. The highest BCUT2D eigenvalue weighted by atomic mass is 16.5. The lowest BCUT2D eigenvalue weighted by Crippen LogP contribution is -2.42. The second kappa shape index (κ2) is 6.84. The topological polar surface area (TPSA) is 41.9 Å². The standard InChI is InChI=1S/C22H27NO3/c1-4-5-19-18-13-22(26-3)21(24)12-15(18)11-20-17-7-6-16(25-2)10-14(17)8-9-23(19)20/h6-7,10,12-13,19-20,24H,4-5,8-9,11H2,1-3H3. The zero-order chi connectivity index (χ0) is 18.3. The quantitative estimate of drug-likeness (QED) is 0.884. The fraction of sp³-hybridized carbons (Fsp3) is 0.455. The Morgan fingerprint density at radius 3 is 2.65 bits per heavy atom. The fourth-order valence-electron chi connectivity index (χ4n) is 4.69. The summed E-state index contributed by atoms with van der Waals surface area (Å²) >= 11 is 0. The van der Waals surface area contributed by atoms with Crippen molar-refractivity contribution in [3.05, 3.63) is 52.6 Å². The summed E-state index contributed by atoms with van der Waals surface area (Å²) in [5.74, 6) is 1.74. The van der Waals surface area contributed by atoms with Crippen molar-refractivity contribution < 1.29 is 14.6 Å². The maximum atomic E-state index is 10.3. The number of phenolic OH excluding ortho intramolecular Hbond substituents is 1. The summed E-state index contributed by atoms with van der Waals surface area (Å²) in [5.41, 5.74) is 5.35. The van der Waals surface area contributed by atoms with Crippen LogP contribution in [0, 0.1) is 0 Å². The molecule has 0 saturated carbocycles. The molecule has 0 amide bonds. The van der Waals surface area contributed by atoms with Crippen LogP contribution in [-0.4, -0.2) is 30.8 Å². The SMILES string of the molecule is CCCC1c2cc(OC)c(O)cc2CC2c3ccc(OC)cc3CCN12. The lowest BCUT2D eigenvalue weighted by molar-refractivity contribution is 0.0997. The number of hydrogen-bond acceptors (Lipinski definition) is 4. The zero-order valence-electron chi connectivity index (χ0n) is 15.8. The first-order chi connectivity index (χ1) is 12.7. The Kier molecular flexibility index (Phi) is 4.53. The van der Waals surface area contributed by atoms with Crippen molar-refractivity contribution in [3.8, 4) is 17.2 Å². The molecule has 1 N–H and O–H groups in total. The number of methoxy groups -OCH3 is 2. The maximum absolute atomic E-state index is 10.3. The minimum Gasteiger partial charge on any atom is -0.504 e. The van der Waals surface area contributed by atoms with E-state index in [9.17, 15) is 5.11 Å². The Labute approximate surface area is 155 Å². The van der Waals surface area contributed by atoms with Crippen LogP contribution in [0.5, 0.6) is 17.2 Å². The average Bonchev–Trinajstić information content (AvgIpc) is 2.66. The van der Waals surface area contributed by atoms with Gasteiger partial charge in [-0.3, -0.25) is 4.90 Å². The summed E-state index contributed by atoms with van der Waals surface area (Å²) in [6.45, 7) is 3.29. The minimum atomic E-state index is 0.237. The zero-order valence-corrected chi connectivity index (χ0v) is 15.8. The van der Waals surface area contributed by atoms with Crippen LogP contribution in [0.3, 0.4) is 0 Å². The van der Waals surface area contributed by atoms with E-state index in [2.05, 4.69) is 30.0 Å². The molecule has 0 radical (unpaired) electrons. The molecule has 4 nitrogen and oxygen atoms in total. The third-order valence-corrected chi connectivity index (χ3v) is 5.92. The summed E-state index contributed by atoms with van der Waals surface area (Å²) < 4.78 is 10.8. The molecule has 4 heteroatoms. The molecule has 2 aliphatic rings. The van der Waals surface area contributed by atoms with Crippen molar-refractivity contribution >= 4 is 0 Å². The third kappa shape index (κ3) is 2.73. The van der Waals surface area contributed by atoms with E-state index in [-0.39, 0.29) is 5.75 Å². The van der Waals surface area contributed by atoms with Crippen molar-refractivity contribution in [2.45, 2.75) is 44.7 Å². The first-order valence-corrected chi connectivity index (χ1v) is 9.48. The lowest BCUT2D eigenvalue weighted by Gasteiger charge is -2.47. The molecule has 0 aromatic heterocycles. The number of hydrogen-bond donors (Lipinski definition) is 1. The summed E-state index contributed by atoms with van der Waals surface area (Å²) in [4.78, 5) is 2.65. The summed E-state index contributed by atoms with van der Waals surface area (Å²) in [7, 11) is 3.34. The first kappa shape index (κ1) is 17.2. The van der Waals surface area contributed by atoms with Gasteiger partial charge in [0.2, 0.25) is 0 Å². The largest absolute Gasteiger partial charge is 0.504 e. The third-order valence-electron chi connectivity index (χ3n) is 5.92. The van der Waals surface area contributed by atoms with E-state index in [1.165, 1.54) is 22.3 Å². The Balaban J connectivity index is 1.80. The smallest absolute Gasteiger partial charge is 0.160 e. The number of aromatic hydroxyl groups is 1. The highest BCUT2D eigenvalue weighted by molar-refractivity contribution is 5.51. The number of rotatable bonds is 4. The molecule has 4 rings (SSSR count). The Hall–Kier alpha value is -2.20. The Morgan fingerprint density at radius 2 is 1.92 bits per heavy atom. The molecule has 0 bridgehead atoms. The minimum absolute atomic E-state index is 0.237. The van der Waals surface area contributed by atoms with Gasteiger partial charge in [-0.15, -0.1) is 0 Å². The van der Waals surface area contributed by atoms with Crippen LogP contribution in [0.1, 0.15) is 54.1 Å². The highest BCUT2D eigenvalue weighted by Crippen LogP contribution is 2.48. The monoisotopic (exact) mass is 353 g/mol. The predicted octanol–water partition coefficient (Wildman–Crippen LogP) is 4.41. The predicted molar refractivity (Wildman–Crippen MR) is 102 cm³/mol. The molecule has 138 valence electrons. The molecule has 2 aromatic rings. The highest BCUT2D eigenvalue weighted by Gasteiger charge is 2.38. The molecule has 0 saturated heterocycles. The van der Waals surface area contributed by atoms with Gasteiger partial charge >= 0.3 is 0 Å². The second-order valence-corrected chi connectivity index (χ2v) is 7.30. The van der Waals surface area contributed by atoms with Crippen LogP contribution in [0.2, 0.25) is 0 Å². The van der Waals surface area contributed by atoms with Gasteiger partial charge in [-0.25, -0.2) is 0 Å². The van der Waals surface area contributed by atoms with Gasteiger partial charge in [0.25, 0.3) is 0 Å². The van der Waals surface area contributed by atoms with E-state index in [1.54, 1.807) is 14.2 Å². The van der Waals surface area contributed by atoms with Gasteiger partial charge < -0.3 is 14.6 Å².